The number of hydrogen-bond acceptors (Lipinski definition) is 4. The number of benzene rings is 1. The Morgan fingerprint density at radius 3 is 2.53 bits per heavy atom. The summed E-state index contributed by atoms with van der Waals surface area (Å²) < 4.78 is 0. The molecule has 0 amide bonds. The van der Waals surface area contributed by atoms with Gasteiger partial charge < -0.3 is 10.2 Å². The topological polar surface area (TPSA) is 41.0 Å². The molecule has 1 aromatic heterocycles. The zero-order valence-corrected chi connectivity index (χ0v) is 11.7. The van der Waals surface area contributed by atoms with E-state index < -0.39 is 0 Å². The second-order valence-corrected chi connectivity index (χ2v) is 4.67. The lowest BCUT2D eigenvalue weighted by Crippen LogP contribution is -2.28. The van der Waals surface area contributed by atoms with Gasteiger partial charge in [-0.25, -0.2) is 9.97 Å². The molecule has 1 heterocycles. The Balaban J connectivity index is 2.14. The van der Waals surface area contributed by atoms with Crippen molar-refractivity contribution in [1.29, 1.82) is 0 Å². The average molecular weight is 256 g/mol. The summed E-state index contributed by atoms with van der Waals surface area (Å²) in [5.41, 5.74) is 3.45. The zero-order valence-electron chi connectivity index (χ0n) is 11.7. The van der Waals surface area contributed by atoms with Gasteiger partial charge in [0, 0.05) is 38.1 Å². The molecule has 0 saturated carbocycles. The third kappa shape index (κ3) is 3.51. The van der Waals surface area contributed by atoms with Gasteiger partial charge in [-0.05, 0) is 19.5 Å². The first kappa shape index (κ1) is 13.5. The molecular weight excluding hydrogens is 236 g/mol. The van der Waals surface area contributed by atoms with Crippen LogP contribution in [0, 0.1) is 6.92 Å². The average Bonchev–Trinajstić information content (AvgIpc) is 2.45. The van der Waals surface area contributed by atoms with Crippen LogP contribution in [0.15, 0.2) is 36.7 Å². The Bertz CT molecular complexity index is 522. The molecular formula is C15H20N4. The minimum atomic E-state index is 0.756. The second-order valence-electron chi connectivity index (χ2n) is 4.67. The second kappa shape index (κ2) is 6.29. The highest BCUT2D eigenvalue weighted by atomic mass is 15.2. The van der Waals surface area contributed by atoms with Crippen LogP contribution in [-0.2, 0) is 0 Å². The summed E-state index contributed by atoms with van der Waals surface area (Å²) in [5.74, 6) is 0.756. The van der Waals surface area contributed by atoms with Crippen LogP contribution in [0.4, 0.5) is 5.95 Å². The number of aromatic nitrogens is 2. The van der Waals surface area contributed by atoms with Gasteiger partial charge in [0.2, 0.25) is 5.95 Å². The smallest absolute Gasteiger partial charge is 0.225 e. The molecule has 100 valence electrons. The molecule has 0 fully saturated rings. The van der Waals surface area contributed by atoms with Gasteiger partial charge in [0.15, 0.2) is 0 Å². The fourth-order valence-electron chi connectivity index (χ4n) is 1.87. The van der Waals surface area contributed by atoms with Gasteiger partial charge in [-0.15, -0.1) is 0 Å². The molecule has 0 aliphatic heterocycles. The Hall–Kier alpha value is -1.94. The third-order valence-electron chi connectivity index (χ3n) is 3.03. The Morgan fingerprint density at radius 2 is 1.89 bits per heavy atom. The minimum Gasteiger partial charge on any atom is -0.343 e. The fourth-order valence-corrected chi connectivity index (χ4v) is 1.87. The zero-order chi connectivity index (χ0) is 13.7. The van der Waals surface area contributed by atoms with Crippen molar-refractivity contribution in [3.05, 3.63) is 42.2 Å². The van der Waals surface area contributed by atoms with E-state index in [-0.39, 0.29) is 0 Å². The predicted octanol–water partition coefficient (Wildman–Crippen LogP) is 2.11. The molecule has 1 N–H and O–H groups in total. The molecule has 2 aromatic rings. The highest BCUT2D eigenvalue weighted by molar-refractivity contribution is 5.62. The van der Waals surface area contributed by atoms with Crippen molar-refractivity contribution in [2.45, 2.75) is 6.92 Å². The maximum atomic E-state index is 4.42. The normalized spacial score (nSPS) is 10.5. The summed E-state index contributed by atoms with van der Waals surface area (Å²) in [6, 6.07) is 8.36. The van der Waals surface area contributed by atoms with Crippen molar-refractivity contribution < 1.29 is 0 Å². The van der Waals surface area contributed by atoms with Crippen LogP contribution in [0.3, 0.4) is 0 Å². The molecule has 0 aliphatic carbocycles. The van der Waals surface area contributed by atoms with Crippen LogP contribution in [0.25, 0.3) is 11.1 Å². The van der Waals surface area contributed by atoms with Crippen LogP contribution in [0.5, 0.6) is 0 Å². The maximum absolute atomic E-state index is 4.42. The lowest BCUT2D eigenvalue weighted by Gasteiger charge is -2.16. The third-order valence-corrected chi connectivity index (χ3v) is 3.03. The van der Waals surface area contributed by atoms with E-state index in [1.54, 1.807) is 0 Å². The molecule has 2 rings (SSSR count). The van der Waals surface area contributed by atoms with Crippen molar-refractivity contribution >= 4 is 5.95 Å². The molecule has 0 aliphatic rings. The number of likely N-dealkylation sites (N-methyl/N-ethyl adjacent to an activating group) is 2. The Kier molecular flexibility index (Phi) is 4.47. The van der Waals surface area contributed by atoms with E-state index in [4.69, 9.17) is 0 Å². The summed E-state index contributed by atoms with van der Waals surface area (Å²) in [5, 5.41) is 3.11. The largest absolute Gasteiger partial charge is 0.343 e. The molecule has 1 aromatic carbocycles. The molecule has 0 bridgehead atoms. The van der Waals surface area contributed by atoms with Crippen LogP contribution in [-0.4, -0.2) is 37.2 Å². The van der Waals surface area contributed by atoms with Crippen LogP contribution in [0.2, 0.25) is 0 Å². The van der Waals surface area contributed by atoms with Gasteiger partial charge >= 0.3 is 0 Å². The van der Waals surface area contributed by atoms with E-state index in [0.29, 0.717) is 0 Å². The van der Waals surface area contributed by atoms with Crippen molar-refractivity contribution in [2.75, 3.05) is 32.1 Å². The number of hydrogen-bond donors (Lipinski definition) is 1. The number of rotatable bonds is 5. The standard InChI is InChI=1S/C15H20N4/c1-12-5-4-6-13(9-12)14-10-17-15(18-11-14)19(3)8-7-16-2/h4-6,9-11,16H,7-8H2,1-3H3. The SMILES string of the molecule is CNCCN(C)c1ncc(-c2cccc(C)c2)cn1. The van der Waals surface area contributed by atoms with E-state index in [1.807, 2.05) is 31.4 Å². The number of nitrogens with zero attached hydrogens (tertiary/aromatic N) is 3. The molecule has 0 spiro atoms. The van der Waals surface area contributed by atoms with E-state index in [9.17, 15) is 0 Å². The Labute approximate surface area is 114 Å². The molecule has 0 radical (unpaired) electrons. The summed E-state index contributed by atoms with van der Waals surface area (Å²) in [4.78, 5) is 10.9. The van der Waals surface area contributed by atoms with Crippen molar-refractivity contribution in [1.82, 2.24) is 15.3 Å². The monoisotopic (exact) mass is 256 g/mol. The first-order valence-corrected chi connectivity index (χ1v) is 6.45. The van der Waals surface area contributed by atoms with E-state index in [2.05, 4.69) is 46.5 Å². The summed E-state index contributed by atoms with van der Waals surface area (Å²) in [6.07, 6.45) is 3.76. The van der Waals surface area contributed by atoms with Gasteiger partial charge in [0.05, 0.1) is 0 Å². The lowest BCUT2D eigenvalue weighted by molar-refractivity contribution is 0.753. The molecule has 4 heteroatoms. The molecule has 0 unspecified atom stereocenters. The highest BCUT2D eigenvalue weighted by Gasteiger charge is 2.04. The fraction of sp³-hybridized carbons (Fsp3) is 0.333. The molecule has 0 atom stereocenters. The minimum absolute atomic E-state index is 0.756. The molecule has 4 nitrogen and oxygen atoms in total. The number of aryl methyl sites for hydroxylation is 1. The Morgan fingerprint density at radius 1 is 1.16 bits per heavy atom. The van der Waals surface area contributed by atoms with Gasteiger partial charge in [0.1, 0.15) is 0 Å². The van der Waals surface area contributed by atoms with Gasteiger partial charge in [-0.2, -0.15) is 0 Å². The van der Waals surface area contributed by atoms with Gasteiger partial charge in [-0.1, -0.05) is 29.8 Å². The van der Waals surface area contributed by atoms with E-state index >= 15 is 0 Å². The van der Waals surface area contributed by atoms with Crippen LogP contribution < -0.4 is 10.2 Å². The van der Waals surface area contributed by atoms with Gasteiger partial charge in [0.25, 0.3) is 0 Å². The first-order chi connectivity index (χ1) is 9.20. The van der Waals surface area contributed by atoms with Crippen LogP contribution >= 0.6 is 0 Å². The summed E-state index contributed by atoms with van der Waals surface area (Å²) in [7, 11) is 3.94. The van der Waals surface area contributed by atoms with Gasteiger partial charge in [-0.3, -0.25) is 0 Å². The number of nitrogens with one attached hydrogen (secondary N) is 1. The van der Waals surface area contributed by atoms with Crippen molar-refractivity contribution in [2.24, 2.45) is 0 Å². The predicted molar refractivity (Wildman–Crippen MR) is 79.4 cm³/mol. The van der Waals surface area contributed by atoms with Crippen molar-refractivity contribution in [3.8, 4) is 11.1 Å². The maximum Gasteiger partial charge on any atom is 0.225 e. The lowest BCUT2D eigenvalue weighted by atomic mass is 10.1. The van der Waals surface area contributed by atoms with E-state index in [1.165, 1.54) is 5.56 Å². The van der Waals surface area contributed by atoms with E-state index in [0.717, 1.165) is 30.2 Å². The quantitative estimate of drug-likeness (QED) is 0.889. The highest BCUT2D eigenvalue weighted by Crippen LogP contribution is 2.19. The first-order valence-electron chi connectivity index (χ1n) is 6.45. The summed E-state index contributed by atoms with van der Waals surface area (Å²) in [6.45, 7) is 3.89. The summed E-state index contributed by atoms with van der Waals surface area (Å²) >= 11 is 0. The number of anilines is 1. The van der Waals surface area contributed by atoms with Crippen molar-refractivity contribution in [3.63, 3.8) is 0 Å². The van der Waals surface area contributed by atoms with Crippen LogP contribution in [0.1, 0.15) is 5.56 Å². The molecule has 19 heavy (non-hydrogen) atoms. The molecule has 0 saturated heterocycles.